The van der Waals surface area contributed by atoms with E-state index in [4.69, 9.17) is 5.11 Å². The van der Waals surface area contributed by atoms with Crippen LogP contribution in [-0.2, 0) is 14.4 Å². The number of carbonyl (C=O) groups is 3. The van der Waals surface area contributed by atoms with Gasteiger partial charge in [-0.3, -0.25) is 14.4 Å². The molecule has 1 fully saturated rings. The van der Waals surface area contributed by atoms with Crippen LogP contribution in [0, 0.1) is 5.92 Å². The second kappa shape index (κ2) is 8.12. The highest BCUT2D eigenvalue weighted by Gasteiger charge is 2.34. The highest BCUT2D eigenvalue weighted by molar-refractivity contribution is 5.80. The lowest BCUT2D eigenvalue weighted by Gasteiger charge is -2.38. The van der Waals surface area contributed by atoms with Crippen molar-refractivity contribution in [1.29, 1.82) is 0 Å². The number of aliphatic carboxylic acids is 1. The van der Waals surface area contributed by atoms with E-state index in [-0.39, 0.29) is 31.2 Å². The van der Waals surface area contributed by atoms with Crippen LogP contribution < -0.4 is 5.32 Å². The molecule has 7 nitrogen and oxygen atoms in total. The first kappa shape index (κ1) is 18.4. The van der Waals surface area contributed by atoms with Crippen LogP contribution in [0.5, 0.6) is 0 Å². The molecule has 0 saturated carbocycles. The van der Waals surface area contributed by atoms with Crippen LogP contribution >= 0.6 is 0 Å². The van der Waals surface area contributed by atoms with Crippen molar-refractivity contribution in [2.24, 2.45) is 5.92 Å². The van der Waals surface area contributed by atoms with Crippen LogP contribution in [0.15, 0.2) is 0 Å². The van der Waals surface area contributed by atoms with Crippen LogP contribution in [0.4, 0.5) is 0 Å². The summed E-state index contributed by atoms with van der Waals surface area (Å²) in [6.07, 6.45) is 1.02. The van der Waals surface area contributed by atoms with E-state index < -0.39 is 11.6 Å². The Balaban J connectivity index is 2.34. The minimum absolute atomic E-state index is 0.0928. The van der Waals surface area contributed by atoms with Gasteiger partial charge >= 0.3 is 5.97 Å². The van der Waals surface area contributed by atoms with Crippen LogP contribution in [0.1, 0.15) is 46.0 Å². The normalized spacial score (nSPS) is 17.4. The Hall–Kier alpha value is -1.63. The molecule has 2 amide bonds. The topological polar surface area (TPSA) is 107 Å². The van der Waals surface area contributed by atoms with Gasteiger partial charge in [-0.1, -0.05) is 13.8 Å². The molecule has 1 aliphatic heterocycles. The Morgan fingerprint density at radius 3 is 2.27 bits per heavy atom. The molecule has 1 aliphatic rings. The number of carboxylic acid groups (broad SMARTS) is 1. The van der Waals surface area contributed by atoms with Crippen molar-refractivity contribution in [3.05, 3.63) is 0 Å². The smallest absolute Gasteiger partial charge is 0.303 e. The Bertz CT molecular complexity index is 414. The predicted molar refractivity (Wildman–Crippen MR) is 80.1 cm³/mol. The second-order valence-electron chi connectivity index (χ2n) is 6.37. The number of carbonyl (C=O) groups excluding carboxylic acids is 2. The van der Waals surface area contributed by atoms with Gasteiger partial charge in [0.15, 0.2) is 0 Å². The number of likely N-dealkylation sites (tertiary alicyclic amines) is 1. The predicted octanol–water partition coefficient (Wildman–Crippen LogP) is 0.367. The fourth-order valence-corrected chi connectivity index (χ4v) is 2.40. The van der Waals surface area contributed by atoms with Gasteiger partial charge in [0, 0.05) is 32.5 Å². The maximum atomic E-state index is 12.0. The first-order valence-electron chi connectivity index (χ1n) is 7.70. The molecule has 22 heavy (non-hydrogen) atoms. The Kier molecular flexibility index (Phi) is 6.80. The van der Waals surface area contributed by atoms with E-state index in [1.165, 1.54) is 0 Å². The van der Waals surface area contributed by atoms with Crippen LogP contribution in [0.2, 0.25) is 0 Å². The molecule has 7 heteroatoms. The molecule has 1 heterocycles. The molecule has 0 unspecified atom stereocenters. The molecular weight excluding hydrogens is 288 g/mol. The molecule has 0 bridgehead atoms. The molecule has 3 N–H and O–H groups in total. The average Bonchev–Trinajstić information content (AvgIpc) is 2.43. The largest absolute Gasteiger partial charge is 0.481 e. The maximum Gasteiger partial charge on any atom is 0.303 e. The number of hydrogen-bond acceptors (Lipinski definition) is 4. The SMILES string of the molecule is CC(C)CC(=O)N1CCC(O)(CNC(=O)CCC(=O)O)CC1. The van der Waals surface area contributed by atoms with Gasteiger partial charge in [0.2, 0.25) is 11.8 Å². The minimum Gasteiger partial charge on any atom is -0.481 e. The van der Waals surface area contributed by atoms with E-state index in [1.807, 2.05) is 13.8 Å². The first-order chi connectivity index (χ1) is 10.2. The van der Waals surface area contributed by atoms with E-state index in [0.717, 1.165) is 0 Å². The van der Waals surface area contributed by atoms with Crippen molar-refractivity contribution in [2.75, 3.05) is 19.6 Å². The summed E-state index contributed by atoms with van der Waals surface area (Å²) in [5.41, 5.74) is -1.02. The molecule has 126 valence electrons. The molecule has 1 rings (SSSR count). The Morgan fingerprint density at radius 1 is 1.18 bits per heavy atom. The number of nitrogens with one attached hydrogen (secondary N) is 1. The number of amides is 2. The molecule has 0 atom stereocenters. The highest BCUT2D eigenvalue weighted by atomic mass is 16.4. The number of aliphatic hydroxyl groups is 1. The summed E-state index contributed by atoms with van der Waals surface area (Å²) in [5.74, 6) is -0.996. The lowest BCUT2D eigenvalue weighted by molar-refractivity contribution is -0.139. The molecule has 0 aromatic heterocycles. The van der Waals surface area contributed by atoms with Crippen molar-refractivity contribution in [1.82, 2.24) is 10.2 Å². The zero-order valence-electron chi connectivity index (χ0n) is 13.3. The lowest BCUT2D eigenvalue weighted by Crippen LogP contribution is -2.52. The third-order valence-electron chi connectivity index (χ3n) is 3.81. The van der Waals surface area contributed by atoms with Crippen molar-refractivity contribution >= 4 is 17.8 Å². The summed E-state index contributed by atoms with van der Waals surface area (Å²) in [6, 6.07) is 0. The molecular formula is C15H26N2O5. The summed E-state index contributed by atoms with van der Waals surface area (Å²) in [4.78, 5) is 35.6. The third kappa shape index (κ3) is 6.43. The number of nitrogens with zero attached hydrogens (tertiary/aromatic N) is 1. The highest BCUT2D eigenvalue weighted by Crippen LogP contribution is 2.22. The third-order valence-corrected chi connectivity index (χ3v) is 3.81. The summed E-state index contributed by atoms with van der Waals surface area (Å²) in [6.45, 7) is 5.04. The van der Waals surface area contributed by atoms with E-state index in [9.17, 15) is 19.5 Å². The zero-order chi connectivity index (χ0) is 16.8. The van der Waals surface area contributed by atoms with E-state index in [2.05, 4.69) is 5.32 Å². The minimum atomic E-state index is -1.02. The number of piperidine rings is 1. The van der Waals surface area contributed by atoms with Crippen LogP contribution in [0.25, 0.3) is 0 Å². The van der Waals surface area contributed by atoms with Gasteiger partial charge in [0.05, 0.1) is 12.0 Å². The molecule has 0 radical (unpaired) electrons. The zero-order valence-corrected chi connectivity index (χ0v) is 13.3. The Labute approximate surface area is 130 Å². The summed E-state index contributed by atoms with van der Waals surface area (Å²) >= 11 is 0. The van der Waals surface area contributed by atoms with E-state index in [1.54, 1.807) is 4.90 Å². The van der Waals surface area contributed by atoms with Crippen LogP contribution in [0.3, 0.4) is 0 Å². The molecule has 0 aromatic rings. The van der Waals surface area contributed by atoms with Gasteiger partial charge in [0.25, 0.3) is 0 Å². The van der Waals surface area contributed by atoms with E-state index >= 15 is 0 Å². The van der Waals surface area contributed by atoms with E-state index in [0.29, 0.717) is 38.3 Å². The molecule has 0 aliphatic carbocycles. The van der Waals surface area contributed by atoms with Gasteiger partial charge in [-0.05, 0) is 18.8 Å². The summed E-state index contributed by atoms with van der Waals surface area (Å²) in [5, 5.41) is 21.5. The quantitative estimate of drug-likeness (QED) is 0.629. The second-order valence-corrected chi connectivity index (χ2v) is 6.37. The molecule has 1 saturated heterocycles. The van der Waals surface area contributed by atoms with Gasteiger partial charge in [-0.15, -0.1) is 0 Å². The average molecular weight is 314 g/mol. The van der Waals surface area contributed by atoms with Gasteiger partial charge in [0.1, 0.15) is 0 Å². The first-order valence-corrected chi connectivity index (χ1v) is 7.70. The van der Waals surface area contributed by atoms with Crippen LogP contribution in [-0.4, -0.2) is 58.1 Å². The molecule has 0 aromatic carbocycles. The Morgan fingerprint density at radius 2 is 1.77 bits per heavy atom. The fraction of sp³-hybridized carbons (Fsp3) is 0.800. The number of carboxylic acids is 1. The van der Waals surface area contributed by atoms with Crippen molar-refractivity contribution in [2.45, 2.75) is 51.6 Å². The number of hydrogen-bond donors (Lipinski definition) is 3. The summed E-state index contributed by atoms with van der Waals surface area (Å²) in [7, 11) is 0. The number of rotatable bonds is 7. The maximum absolute atomic E-state index is 12.0. The molecule has 0 spiro atoms. The summed E-state index contributed by atoms with van der Waals surface area (Å²) < 4.78 is 0. The fourth-order valence-electron chi connectivity index (χ4n) is 2.40. The monoisotopic (exact) mass is 314 g/mol. The lowest BCUT2D eigenvalue weighted by atomic mass is 9.91. The van der Waals surface area contributed by atoms with Gasteiger partial charge in [-0.2, -0.15) is 0 Å². The standard InChI is InChI=1S/C15H26N2O5/c1-11(2)9-13(19)17-7-5-15(22,6-8-17)10-16-12(18)3-4-14(20)21/h11,22H,3-10H2,1-2H3,(H,16,18)(H,20,21). The van der Waals surface area contributed by atoms with Gasteiger partial charge in [-0.25, -0.2) is 0 Å². The van der Waals surface area contributed by atoms with Crippen molar-refractivity contribution < 1.29 is 24.6 Å². The van der Waals surface area contributed by atoms with Gasteiger partial charge < -0.3 is 20.4 Å². The van der Waals surface area contributed by atoms with Crippen molar-refractivity contribution in [3.8, 4) is 0 Å². The van der Waals surface area contributed by atoms with Crippen molar-refractivity contribution in [3.63, 3.8) is 0 Å².